The number of hydrogen-bond donors (Lipinski definition) is 0. The van der Waals surface area contributed by atoms with Crippen molar-refractivity contribution in [2.75, 3.05) is 0 Å². The van der Waals surface area contributed by atoms with Gasteiger partial charge < -0.3 is 9.13 Å². The van der Waals surface area contributed by atoms with Crippen LogP contribution in [0.1, 0.15) is 0 Å². The molecule has 0 aliphatic heterocycles. The van der Waals surface area contributed by atoms with E-state index in [-0.39, 0.29) is 0 Å². The second-order valence-electron chi connectivity index (χ2n) is 14.9. The van der Waals surface area contributed by atoms with Crippen LogP contribution < -0.4 is 0 Å². The summed E-state index contributed by atoms with van der Waals surface area (Å²) in [6.07, 6.45) is 0. The first-order chi connectivity index (χ1) is 28.7. The van der Waals surface area contributed by atoms with Crippen molar-refractivity contribution in [3.63, 3.8) is 0 Å². The van der Waals surface area contributed by atoms with Crippen LogP contribution in [0.4, 0.5) is 0 Å². The molecule has 0 N–H and O–H groups in total. The van der Waals surface area contributed by atoms with Gasteiger partial charge in [0.15, 0.2) is 17.5 Å². The molecule has 5 heteroatoms. The van der Waals surface area contributed by atoms with E-state index in [1.807, 2.05) is 30.3 Å². The molecule has 0 atom stereocenters. The molecule has 12 aromatic rings. The topological polar surface area (TPSA) is 48.5 Å². The molecule has 5 nitrogen and oxygen atoms in total. The maximum Gasteiger partial charge on any atom is 0.164 e. The predicted octanol–water partition coefficient (Wildman–Crippen LogP) is 13.4. The highest BCUT2D eigenvalue weighted by molar-refractivity contribution is 6.20. The lowest BCUT2D eigenvalue weighted by atomic mass is 10.0. The van der Waals surface area contributed by atoms with E-state index < -0.39 is 0 Å². The Morgan fingerprint density at radius 3 is 1.45 bits per heavy atom. The Labute approximate surface area is 333 Å². The lowest BCUT2D eigenvalue weighted by molar-refractivity contribution is 1.07. The highest BCUT2D eigenvalue weighted by atomic mass is 15.0. The van der Waals surface area contributed by atoms with Crippen LogP contribution in [-0.2, 0) is 0 Å². The maximum atomic E-state index is 5.08. The normalized spacial score (nSPS) is 11.8. The molecule has 3 aromatic heterocycles. The first-order valence-corrected chi connectivity index (χ1v) is 19.6. The van der Waals surface area contributed by atoms with Gasteiger partial charge in [-0.05, 0) is 94.3 Å². The van der Waals surface area contributed by atoms with Crippen LogP contribution in [0.2, 0.25) is 0 Å². The van der Waals surface area contributed by atoms with E-state index in [9.17, 15) is 0 Å². The van der Waals surface area contributed by atoms with Crippen LogP contribution in [0.25, 0.3) is 111 Å². The third kappa shape index (κ3) is 5.14. The minimum Gasteiger partial charge on any atom is -0.309 e. The maximum absolute atomic E-state index is 5.08. The quantitative estimate of drug-likeness (QED) is 0.177. The Hall–Kier alpha value is -7.89. The molecule has 9 aromatic carbocycles. The molecule has 0 radical (unpaired) electrons. The Kier molecular flexibility index (Phi) is 7.16. The smallest absolute Gasteiger partial charge is 0.164 e. The highest BCUT2D eigenvalue weighted by Crippen LogP contribution is 2.41. The number of nitrogens with zero attached hydrogens (tertiary/aromatic N) is 5. The SMILES string of the molecule is c1ccc(-c2nc(-c3ccc(-n4c5ccccc5c5cc6c7cc8ccccc8cc7n(-c7ccccc7)c6cc54)cc3)nc(-c3ccc4ccccc4c3)n2)cc1. The molecule has 3 heterocycles. The standard InChI is InChI=1S/C53H33N5/c1-3-14-35(15-4-1)51-54-52(56-53(55-51)40-24-23-34-13-7-8-16-37(34)29-40)36-25-27-42(28-26-36)57-47-22-12-11-21-43(47)45-32-46-44-30-38-17-9-10-18-39(38)31-48(44)58(50(46)33-49(45)57)41-19-5-2-6-20-41/h1-33H. The zero-order chi connectivity index (χ0) is 38.2. The van der Waals surface area contributed by atoms with Crippen LogP contribution in [0.5, 0.6) is 0 Å². The summed E-state index contributed by atoms with van der Waals surface area (Å²) in [7, 11) is 0. The van der Waals surface area contributed by atoms with Crippen LogP contribution in [0.15, 0.2) is 200 Å². The van der Waals surface area contributed by atoms with E-state index >= 15 is 0 Å². The van der Waals surface area contributed by atoms with E-state index in [1.54, 1.807) is 0 Å². The van der Waals surface area contributed by atoms with E-state index in [0.29, 0.717) is 17.5 Å². The Bertz CT molecular complexity index is 3550. The Morgan fingerprint density at radius 2 is 0.724 bits per heavy atom. The molecule has 270 valence electrons. The van der Waals surface area contributed by atoms with Gasteiger partial charge in [-0.1, -0.05) is 127 Å². The van der Waals surface area contributed by atoms with Crippen LogP contribution in [0, 0.1) is 0 Å². The molecule has 0 fully saturated rings. The van der Waals surface area contributed by atoms with Gasteiger partial charge in [-0.2, -0.15) is 0 Å². The van der Waals surface area contributed by atoms with Gasteiger partial charge in [-0.3, -0.25) is 0 Å². The zero-order valence-electron chi connectivity index (χ0n) is 31.3. The number of benzene rings is 9. The number of para-hydroxylation sites is 2. The van der Waals surface area contributed by atoms with Crippen molar-refractivity contribution in [3.05, 3.63) is 200 Å². The summed E-state index contributed by atoms with van der Waals surface area (Å²) in [5.74, 6) is 1.92. The van der Waals surface area contributed by atoms with Crippen molar-refractivity contribution in [3.8, 4) is 45.5 Å². The highest BCUT2D eigenvalue weighted by Gasteiger charge is 2.20. The molecule has 0 amide bonds. The van der Waals surface area contributed by atoms with E-state index in [4.69, 9.17) is 15.0 Å². The van der Waals surface area contributed by atoms with Crippen molar-refractivity contribution in [1.82, 2.24) is 24.1 Å². The lowest BCUT2D eigenvalue weighted by Crippen LogP contribution is -2.00. The summed E-state index contributed by atoms with van der Waals surface area (Å²) in [6.45, 7) is 0. The van der Waals surface area contributed by atoms with Gasteiger partial charge in [0, 0.05) is 49.6 Å². The number of aromatic nitrogens is 5. The average Bonchev–Trinajstić information content (AvgIpc) is 3.78. The van der Waals surface area contributed by atoms with Gasteiger partial charge in [0.05, 0.1) is 22.1 Å². The summed E-state index contributed by atoms with van der Waals surface area (Å²) >= 11 is 0. The fraction of sp³-hybridized carbons (Fsp3) is 0. The largest absolute Gasteiger partial charge is 0.309 e. The zero-order valence-corrected chi connectivity index (χ0v) is 31.3. The first-order valence-electron chi connectivity index (χ1n) is 19.6. The summed E-state index contributed by atoms with van der Waals surface area (Å²) in [4.78, 5) is 15.1. The molecule has 0 aliphatic rings. The van der Waals surface area contributed by atoms with Crippen molar-refractivity contribution in [1.29, 1.82) is 0 Å². The second kappa shape index (κ2) is 12.8. The molecular formula is C53H33N5. The number of rotatable bonds is 5. The van der Waals surface area contributed by atoms with Crippen molar-refractivity contribution in [2.45, 2.75) is 0 Å². The third-order valence-electron chi connectivity index (χ3n) is 11.5. The first kappa shape index (κ1) is 32.4. The average molecular weight is 740 g/mol. The van der Waals surface area contributed by atoms with Gasteiger partial charge in [-0.25, -0.2) is 15.0 Å². The van der Waals surface area contributed by atoms with Crippen molar-refractivity contribution in [2.24, 2.45) is 0 Å². The Morgan fingerprint density at radius 1 is 0.259 bits per heavy atom. The number of hydrogen-bond acceptors (Lipinski definition) is 3. The van der Waals surface area contributed by atoms with Gasteiger partial charge in [0.25, 0.3) is 0 Å². The molecule has 0 saturated heterocycles. The number of fused-ring (bicyclic) bond motifs is 8. The van der Waals surface area contributed by atoms with E-state index in [1.165, 1.54) is 48.7 Å². The fourth-order valence-corrected chi connectivity index (χ4v) is 8.74. The van der Waals surface area contributed by atoms with Crippen LogP contribution >= 0.6 is 0 Å². The lowest BCUT2D eigenvalue weighted by Gasteiger charge is -2.12. The molecule has 0 unspecified atom stereocenters. The monoisotopic (exact) mass is 739 g/mol. The van der Waals surface area contributed by atoms with E-state index in [2.05, 4.69) is 179 Å². The molecule has 12 rings (SSSR count). The van der Waals surface area contributed by atoms with Gasteiger partial charge in [-0.15, -0.1) is 0 Å². The van der Waals surface area contributed by atoms with Gasteiger partial charge >= 0.3 is 0 Å². The summed E-state index contributed by atoms with van der Waals surface area (Å²) in [5, 5.41) is 9.72. The van der Waals surface area contributed by atoms with Crippen molar-refractivity contribution >= 4 is 65.2 Å². The van der Waals surface area contributed by atoms with Crippen molar-refractivity contribution < 1.29 is 0 Å². The minimum absolute atomic E-state index is 0.632. The van der Waals surface area contributed by atoms with Gasteiger partial charge in [0.2, 0.25) is 0 Å². The summed E-state index contributed by atoms with van der Waals surface area (Å²) in [6, 6.07) is 71.1. The summed E-state index contributed by atoms with van der Waals surface area (Å²) < 4.78 is 4.81. The molecule has 0 bridgehead atoms. The molecular weight excluding hydrogens is 707 g/mol. The van der Waals surface area contributed by atoms with Gasteiger partial charge in [0.1, 0.15) is 0 Å². The molecule has 0 saturated carbocycles. The second-order valence-corrected chi connectivity index (χ2v) is 14.9. The van der Waals surface area contributed by atoms with Crippen LogP contribution in [0.3, 0.4) is 0 Å². The minimum atomic E-state index is 0.632. The summed E-state index contributed by atoms with van der Waals surface area (Å²) in [5.41, 5.74) is 9.70. The molecule has 0 spiro atoms. The molecule has 58 heavy (non-hydrogen) atoms. The Balaban J connectivity index is 1.05. The fourth-order valence-electron chi connectivity index (χ4n) is 8.74. The van der Waals surface area contributed by atoms with E-state index in [0.717, 1.165) is 44.5 Å². The van der Waals surface area contributed by atoms with Crippen LogP contribution in [-0.4, -0.2) is 24.1 Å². The predicted molar refractivity (Wildman–Crippen MR) is 240 cm³/mol. The molecule has 0 aliphatic carbocycles. The third-order valence-corrected chi connectivity index (χ3v) is 11.5.